The Balaban J connectivity index is 2.03. The summed E-state index contributed by atoms with van der Waals surface area (Å²) >= 11 is 1.89. The van der Waals surface area contributed by atoms with Crippen molar-refractivity contribution in [3.63, 3.8) is 0 Å². The van der Waals surface area contributed by atoms with Crippen molar-refractivity contribution in [3.8, 4) is 0 Å². The molecule has 1 atom stereocenters. The number of hydrogen-bond acceptors (Lipinski definition) is 3. The first-order valence-corrected chi connectivity index (χ1v) is 7.14. The molecule has 1 aliphatic rings. The van der Waals surface area contributed by atoms with E-state index in [1.54, 1.807) is 0 Å². The molecule has 1 aromatic heterocycles. The Kier molecular flexibility index (Phi) is 2.89. The van der Waals surface area contributed by atoms with E-state index >= 15 is 0 Å². The van der Waals surface area contributed by atoms with Crippen LogP contribution in [0.15, 0.2) is 12.1 Å². The largest absolute Gasteiger partial charge is 0.316 e. The van der Waals surface area contributed by atoms with Gasteiger partial charge in [-0.25, -0.2) is 4.98 Å². The summed E-state index contributed by atoms with van der Waals surface area (Å²) in [4.78, 5) is 4.84. The van der Waals surface area contributed by atoms with Crippen LogP contribution in [0.4, 0.5) is 0 Å². The number of rotatable bonds is 1. The number of hydrogen-bond donors (Lipinski definition) is 1. The third kappa shape index (κ3) is 2.09. The van der Waals surface area contributed by atoms with Gasteiger partial charge in [-0.05, 0) is 50.4 Å². The first kappa shape index (κ1) is 11.2. The third-order valence-corrected chi connectivity index (χ3v) is 4.85. The first-order valence-electron chi connectivity index (χ1n) is 6.32. The van der Waals surface area contributed by atoms with Crippen LogP contribution in [0.2, 0.25) is 0 Å². The number of piperidine rings is 1. The maximum Gasteiger partial charge on any atom is 0.0982 e. The second-order valence-corrected chi connectivity index (χ2v) is 6.06. The molecular weight excluding hydrogens is 228 g/mol. The lowest BCUT2D eigenvalue weighted by atomic mass is 10.0. The monoisotopic (exact) mass is 246 g/mol. The molecule has 1 aromatic carbocycles. The highest BCUT2D eigenvalue weighted by molar-refractivity contribution is 7.18. The van der Waals surface area contributed by atoms with Gasteiger partial charge in [0.05, 0.1) is 15.2 Å². The van der Waals surface area contributed by atoms with Gasteiger partial charge in [0.2, 0.25) is 0 Å². The van der Waals surface area contributed by atoms with Crippen molar-refractivity contribution in [1.29, 1.82) is 0 Å². The van der Waals surface area contributed by atoms with Gasteiger partial charge >= 0.3 is 0 Å². The van der Waals surface area contributed by atoms with E-state index in [1.165, 1.54) is 45.7 Å². The molecule has 0 aliphatic carbocycles. The molecule has 2 nitrogen and oxygen atoms in total. The molecule has 0 spiro atoms. The summed E-state index contributed by atoms with van der Waals surface area (Å²) in [6, 6.07) is 4.46. The van der Waals surface area contributed by atoms with Crippen LogP contribution in [0, 0.1) is 13.8 Å². The van der Waals surface area contributed by atoms with E-state index in [4.69, 9.17) is 4.98 Å². The van der Waals surface area contributed by atoms with Crippen LogP contribution in [0.3, 0.4) is 0 Å². The van der Waals surface area contributed by atoms with E-state index in [0.717, 1.165) is 6.54 Å². The van der Waals surface area contributed by atoms with Gasteiger partial charge in [-0.1, -0.05) is 6.07 Å². The zero-order valence-corrected chi connectivity index (χ0v) is 11.2. The number of thiazole rings is 1. The number of benzene rings is 1. The van der Waals surface area contributed by atoms with Crippen LogP contribution < -0.4 is 5.32 Å². The van der Waals surface area contributed by atoms with E-state index in [1.807, 2.05) is 11.3 Å². The van der Waals surface area contributed by atoms with Crippen molar-refractivity contribution in [3.05, 3.63) is 28.3 Å². The number of nitrogens with one attached hydrogen (secondary N) is 1. The quantitative estimate of drug-likeness (QED) is 0.834. The summed E-state index contributed by atoms with van der Waals surface area (Å²) in [7, 11) is 0. The van der Waals surface area contributed by atoms with Gasteiger partial charge in [-0.2, -0.15) is 0 Å². The molecule has 0 amide bonds. The molecule has 1 N–H and O–H groups in total. The number of nitrogens with zero attached hydrogens (tertiary/aromatic N) is 1. The summed E-state index contributed by atoms with van der Waals surface area (Å²) < 4.78 is 1.37. The molecule has 1 saturated heterocycles. The van der Waals surface area contributed by atoms with Crippen molar-refractivity contribution in [2.45, 2.75) is 32.6 Å². The van der Waals surface area contributed by atoms with E-state index in [9.17, 15) is 0 Å². The Morgan fingerprint density at radius 3 is 3.00 bits per heavy atom. The minimum atomic E-state index is 0.626. The first-order chi connectivity index (χ1) is 8.24. The molecule has 2 heterocycles. The minimum Gasteiger partial charge on any atom is -0.316 e. The molecule has 0 saturated carbocycles. The maximum absolute atomic E-state index is 4.84. The standard InChI is InChI=1S/C14H18N2S/c1-9-6-10(2)13-12(7-9)16-14(17-13)11-4-3-5-15-8-11/h6-7,11,15H,3-5,8H2,1-2H3. The van der Waals surface area contributed by atoms with Crippen LogP contribution in [-0.2, 0) is 0 Å². The van der Waals surface area contributed by atoms with Crippen LogP contribution in [0.25, 0.3) is 10.2 Å². The Labute approximate surface area is 106 Å². The average Bonchev–Trinajstić information content (AvgIpc) is 2.74. The molecule has 0 bridgehead atoms. The van der Waals surface area contributed by atoms with Gasteiger partial charge in [0.1, 0.15) is 0 Å². The van der Waals surface area contributed by atoms with Crippen molar-refractivity contribution < 1.29 is 0 Å². The third-order valence-electron chi connectivity index (χ3n) is 3.48. The van der Waals surface area contributed by atoms with Crippen LogP contribution in [0.5, 0.6) is 0 Å². The summed E-state index contributed by atoms with van der Waals surface area (Å²) in [5.41, 5.74) is 3.87. The van der Waals surface area contributed by atoms with E-state index in [-0.39, 0.29) is 0 Å². The van der Waals surface area contributed by atoms with E-state index in [0.29, 0.717) is 5.92 Å². The molecule has 1 fully saturated rings. The second kappa shape index (κ2) is 4.39. The van der Waals surface area contributed by atoms with Crippen molar-refractivity contribution in [2.75, 3.05) is 13.1 Å². The predicted octanol–water partition coefficient (Wildman–Crippen LogP) is 3.38. The lowest BCUT2D eigenvalue weighted by molar-refractivity contribution is 0.461. The van der Waals surface area contributed by atoms with Gasteiger partial charge in [0.25, 0.3) is 0 Å². The number of fused-ring (bicyclic) bond motifs is 1. The van der Waals surface area contributed by atoms with Crippen LogP contribution >= 0.6 is 11.3 Å². The van der Waals surface area contributed by atoms with Gasteiger partial charge in [-0.3, -0.25) is 0 Å². The Morgan fingerprint density at radius 1 is 1.35 bits per heavy atom. The summed E-state index contributed by atoms with van der Waals surface area (Å²) in [5, 5.41) is 4.79. The molecule has 1 aliphatic heterocycles. The molecule has 3 rings (SSSR count). The number of aromatic nitrogens is 1. The number of aryl methyl sites for hydroxylation is 2. The van der Waals surface area contributed by atoms with Crippen LogP contribution in [0.1, 0.15) is 34.9 Å². The van der Waals surface area contributed by atoms with Crippen molar-refractivity contribution in [1.82, 2.24) is 10.3 Å². The zero-order valence-electron chi connectivity index (χ0n) is 10.4. The second-order valence-electron chi connectivity index (χ2n) is 5.03. The van der Waals surface area contributed by atoms with Crippen molar-refractivity contribution >= 4 is 21.6 Å². The van der Waals surface area contributed by atoms with Crippen molar-refractivity contribution in [2.24, 2.45) is 0 Å². The average molecular weight is 246 g/mol. The van der Waals surface area contributed by atoms with Gasteiger partial charge < -0.3 is 5.32 Å². The SMILES string of the molecule is Cc1cc(C)c2sc(C3CCCNC3)nc2c1. The Morgan fingerprint density at radius 2 is 2.24 bits per heavy atom. The molecule has 2 aromatic rings. The molecule has 17 heavy (non-hydrogen) atoms. The Bertz CT molecular complexity index is 538. The molecule has 0 radical (unpaired) electrons. The molecule has 90 valence electrons. The lowest BCUT2D eigenvalue weighted by Gasteiger charge is -2.20. The minimum absolute atomic E-state index is 0.626. The fourth-order valence-corrected chi connectivity index (χ4v) is 3.78. The van der Waals surface area contributed by atoms with Gasteiger partial charge in [-0.15, -0.1) is 11.3 Å². The zero-order chi connectivity index (χ0) is 11.8. The smallest absolute Gasteiger partial charge is 0.0982 e. The molecular formula is C14H18N2S. The fraction of sp³-hybridized carbons (Fsp3) is 0.500. The lowest BCUT2D eigenvalue weighted by Crippen LogP contribution is -2.28. The highest BCUT2D eigenvalue weighted by Crippen LogP contribution is 2.33. The van der Waals surface area contributed by atoms with Crippen LogP contribution in [-0.4, -0.2) is 18.1 Å². The van der Waals surface area contributed by atoms with E-state index < -0.39 is 0 Å². The summed E-state index contributed by atoms with van der Waals surface area (Å²) in [6.45, 7) is 6.60. The highest BCUT2D eigenvalue weighted by Gasteiger charge is 2.19. The topological polar surface area (TPSA) is 24.9 Å². The summed E-state index contributed by atoms with van der Waals surface area (Å²) in [6.07, 6.45) is 2.56. The maximum atomic E-state index is 4.84. The van der Waals surface area contributed by atoms with E-state index in [2.05, 4.69) is 31.3 Å². The Hall–Kier alpha value is -0.930. The van der Waals surface area contributed by atoms with Gasteiger partial charge in [0, 0.05) is 12.5 Å². The highest BCUT2D eigenvalue weighted by atomic mass is 32.1. The molecule has 1 unspecified atom stereocenters. The van der Waals surface area contributed by atoms with Gasteiger partial charge in [0.15, 0.2) is 0 Å². The molecule has 3 heteroatoms. The fourth-order valence-electron chi connectivity index (χ4n) is 2.63. The predicted molar refractivity (Wildman–Crippen MR) is 73.9 cm³/mol. The normalized spacial score (nSPS) is 20.9. The summed E-state index contributed by atoms with van der Waals surface area (Å²) in [5.74, 6) is 0.626.